The maximum absolute atomic E-state index is 9.07. The highest BCUT2D eigenvalue weighted by Gasteiger charge is 2.19. The first-order valence-corrected chi connectivity index (χ1v) is 7.52. The Morgan fingerprint density at radius 2 is 2.10 bits per heavy atom. The zero-order chi connectivity index (χ0) is 14.4. The molecular weight excluding hydrogens is 248 g/mol. The molecule has 1 aliphatic carbocycles. The SMILES string of the molecule is CNC(C)(C#N)CCCCOc1ccc2c(c1)CCC2. The molecular formula is C17H24N2O. The molecule has 1 atom stereocenters. The van der Waals surface area contributed by atoms with E-state index < -0.39 is 5.54 Å². The van der Waals surface area contributed by atoms with Crippen molar-refractivity contribution in [2.45, 2.75) is 51.0 Å². The van der Waals surface area contributed by atoms with E-state index in [-0.39, 0.29) is 0 Å². The van der Waals surface area contributed by atoms with Crippen LogP contribution in [0.2, 0.25) is 0 Å². The number of ether oxygens (including phenoxy) is 1. The molecule has 108 valence electrons. The van der Waals surface area contributed by atoms with Crippen LogP contribution in [0.5, 0.6) is 5.75 Å². The lowest BCUT2D eigenvalue weighted by Gasteiger charge is -2.20. The van der Waals surface area contributed by atoms with Crippen LogP contribution in [0.4, 0.5) is 0 Å². The Morgan fingerprint density at radius 3 is 2.85 bits per heavy atom. The highest BCUT2D eigenvalue weighted by Crippen LogP contribution is 2.26. The van der Waals surface area contributed by atoms with E-state index >= 15 is 0 Å². The van der Waals surface area contributed by atoms with E-state index in [4.69, 9.17) is 10.00 Å². The van der Waals surface area contributed by atoms with Gasteiger partial charge in [-0.25, -0.2) is 0 Å². The monoisotopic (exact) mass is 272 g/mol. The summed E-state index contributed by atoms with van der Waals surface area (Å²) in [5, 5.41) is 12.1. The van der Waals surface area contributed by atoms with Gasteiger partial charge in [0.15, 0.2) is 0 Å². The van der Waals surface area contributed by atoms with Gasteiger partial charge >= 0.3 is 0 Å². The number of hydrogen-bond acceptors (Lipinski definition) is 3. The van der Waals surface area contributed by atoms with E-state index in [1.807, 2.05) is 14.0 Å². The number of benzene rings is 1. The first-order valence-electron chi connectivity index (χ1n) is 7.52. The number of unbranched alkanes of at least 4 members (excludes halogenated alkanes) is 1. The number of hydrogen-bond donors (Lipinski definition) is 1. The Kier molecular flexibility index (Phi) is 5.03. The number of nitrogens with one attached hydrogen (secondary N) is 1. The van der Waals surface area contributed by atoms with Crippen LogP contribution in [0.25, 0.3) is 0 Å². The van der Waals surface area contributed by atoms with Gasteiger partial charge in [0.2, 0.25) is 0 Å². The van der Waals surface area contributed by atoms with E-state index in [9.17, 15) is 0 Å². The zero-order valence-corrected chi connectivity index (χ0v) is 12.5. The molecule has 1 aromatic carbocycles. The number of aryl methyl sites for hydroxylation is 2. The first-order chi connectivity index (χ1) is 9.67. The van der Waals surface area contributed by atoms with Gasteiger partial charge in [0.25, 0.3) is 0 Å². The fraction of sp³-hybridized carbons (Fsp3) is 0.588. The molecule has 1 aliphatic rings. The van der Waals surface area contributed by atoms with Crippen LogP contribution in [0.1, 0.15) is 43.7 Å². The van der Waals surface area contributed by atoms with Gasteiger partial charge in [-0.05, 0) is 75.8 Å². The third kappa shape index (κ3) is 3.74. The predicted molar refractivity (Wildman–Crippen MR) is 80.9 cm³/mol. The normalized spacial score (nSPS) is 16.2. The van der Waals surface area contributed by atoms with Gasteiger partial charge in [-0.3, -0.25) is 0 Å². The minimum atomic E-state index is -0.409. The Labute approximate surface area is 121 Å². The summed E-state index contributed by atoms with van der Waals surface area (Å²) < 4.78 is 5.81. The number of nitrogens with zero attached hydrogens (tertiary/aromatic N) is 1. The lowest BCUT2D eigenvalue weighted by atomic mass is 9.97. The van der Waals surface area contributed by atoms with Crippen molar-refractivity contribution in [1.82, 2.24) is 5.32 Å². The standard InChI is InChI=1S/C17H24N2O/c1-17(13-18,19-2)10-3-4-11-20-16-9-8-14-6-5-7-15(14)12-16/h8-9,12,19H,3-7,10-11H2,1-2H3. The molecule has 0 spiro atoms. The van der Waals surface area contributed by atoms with E-state index in [0.29, 0.717) is 0 Å². The van der Waals surface area contributed by atoms with Crippen LogP contribution in [-0.4, -0.2) is 19.2 Å². The van der Waals surface area contributed by atoms with Crippen LogP contribution >= 0.6 is 0 Å². The average Bonchev–Trinajstić information content (AvgIpc) is 2.94. The summed E-state index contributed by atoms with van der Waals surface area (Å²) in [4.78, 5) is 0. The van der Waals surface area contributed by atoms with Crippen molar-refractivity contribution in [3.8, 4) is 11.8 Å². The van der Waals surface area contributed by atoms with Crippen molar-refractivity contribution in [1.29, 1.82) is 5.26 Å². The zero-order valence-electron chi connectivity index (χ0n) is 12.5. The van der Waals surface area contributed by atoms with Gasteiger partial charge in [0, 0.05) is 0 Å². The van der Waals surface area contributed by atoms with Crippen molar-refractivity contribution >= 4 is 0 Å². The summed E-state index contributed by atoms with van der Waals surface area (Å²) in [5.41, 5.74) is 2.53. The minimum Gasteiger partial charge on any atom is -0.494 e. The van der Waals surface area contributed by atoms with Crippen LogP contribution in [0.3, 0.4) is 0 Å². The number of nitriles is 1. The maximum atomic E-state index is 9.07. The van der Waals surface area contributed by atoms with Crippen molar-refractivity contribution in [2.75, 3.05) is 13.7 Å². The van der Waals surface area contributed by atoms with Gasteiger partial charge in [-0.15, -0.1) is 0 Å². The minimum absolute atomic E-state index is 0.409. The molecule has 2 rings (SSSR count). The van der Waals surface area contributed by atoms with Gasteiger partial charge in [-0.2, -0.15) is 5.26 Å². The molecule has 1 unspecified atom stereocenters. The van der Waals surface area contributed by atoms with Crippen LogP contribution in [0, 0.1) is 11.3 Å². The van der Waals surface area contributed by atoms with E-state index in [2.05, 4.69) is 29.6 Å². The Morgan fingerprint density at radius 1 is 1.30 bits per heavy atom. The second-order valence-corrected chi connectivity index (χ2v) is 5.78. The smallest absolute Gasteiger partial charge is 0.119 e. The summed E-state index contributed by atoms with van der Waals surface area (Å²) in [6.07, 6.45) is 6.51. The predicted octanol–water partition coefficient (Wildman–Crippen LogP) is 3.23. The quantitative estimate of drug-likeness (QED) is 0.775. The third-order valence-corrected chi connectivity index (χ3v) is 4.21. The topological polar surface area (TPSA) is 45.0 Å². The van der Waals surface area contributed by atoms with Gasteiger partial charge in [0.1, 0.15) is 11.3 Å². The lowest BCUT2D eigenvalue weighted by molar-refractivity contribution is 0.297. The molecule has 0 saturated heterocycles. The fourth-order valence-corrected chi connectivity index (χ4v) is 2.65. The second-order valence-electron chi connectivity index (χ2n) is 5.78. The molecule has 3 heteroatoms. The molecule has 0 saturated carbocycles. The van der Waals surface area contributed by atoms with Crippen molar-refractivity contribution in [3.05, 3.63) is 29.3 Å². The fourth-order valence-electron chi connectivity index (χ4n) is 2.65. The molecule has 1 aromatic rings. The lowest BCUT2D eigenvalue weighted by Crippen LogP contribution is -2.37. The first kappa shape index (κ1) is 14.9. The van der Waals surface area contributed by atoms with E-state index in [1.165, 1.54) is 30.4 Å². The average molecular weight is 272 g/mol. The molecule has 0 aliphatic heterocycles. The van der Waals surface area contributed by atoms with Crippen molar-refractivity contribution in [3.63, 3.8) is 0 Å². The highest BCUT2D eigenvalue weighted by molar-refractivity contribution is 5.38. The number of rotatable bonds is 7. The molecule has 0 amide bonds. The van der Waals surface area contributed by atoms with Crippen molar-refractivity contribution in [2.24, 2.45) is 0 Å². The van der Waals surface area contributed by atoms with Crippen LogP contribution in [-0.2, 0) is 12.8 Å². The molecule has 20 heavy (non-hydrogen) atoms. The maximum Gasteiger partial charge on any atom is 0.119 e. The van der Waals surface area contributed by atoms with E-state index in [1.54, 1.807) is 0 Å². The van der Waals surface area contributed by atoms with Gasteiger partial charge in [0.05, 0.1) is 12.7 Å². The Hall–Kier alpha value is -1.53. The molecule has 0 heterocycles. The third-order valence-electron chi connectivity index (χ3n) is 4.21. The van der Waals surface area contributed by atoms with Crippen LogP contribution < -0.4 is 10.1 Å². The summed E-state index contributed by atoms with van der Waals surface area (Å²) in [7, 11) is 1.84. The Bertz CT molecular complexity index is 492. The largest absolute Gasteiger partial charge is 0.494 e. The summed E-state index contributed by atoms with van der Waals surface area (Å²) in [6, 6.07) is 8.78. The summed E-state index contributed by atoms with van der Waals surface area (Å²) >= 11 is 0. The summed E-state index contributed by atoms with van der Waals surface area (Å²) in [5.74, 6) is 0.988. The molecule has 0 aromatic heterocycles. The molecule has 1 N–H and O–H groups in total. The second kappa shape index (κ2) is 6.76. The van der Waals surface area contributed by atoms with Crippen LogP contribution in [0.15, 0.2) is 18.2 Å². The molecule has 3 nitrogen and oxygen atoms in total. The molecule has 0 radical (unpaired) electrons. The molecule has 0 bridgehead atoms. The number of fused-ring (bicyclic) bond motifs is 1. The van der Waals surface area contributed by atoms with Gasteiger partial charge in [-0.1, -0.05) is 6.07 Å². The molecule has 0 fully saturated rings. The van der Waals surface area contributed by atoms with E-state index in [0.717, 1.165) is 31.6 Å². The summed E-state index contributed by atoms with van der Waals surface area (Å²) in [6.45, 7) is 2.67. The van der Waals surface area contributed by atoms with Crippen molar-refractivity contribution < 1.29 is 4.74 Å². The highest BCUT2D eigenvalue weighted by atomic mass is 16.5. The Balaban J connectivity index is 1.70. The van der Waals surface area contributed by atoms with Gasteiger partial charge < -0.3 is 10.1 Å².